The summed E-state index contributed by atoms with van der Waals surface area (Å²) in [6.45, 7) is -0.0393. The van der Waals surface area contributed by atoms with Crippen molar-refractivity contribution in [2.45, 2.75) is 12.3 Å². The molecule has 3 aromatic rings. The second kappa shape index (κ2) is 8.32. The average molecular weight is 401 g/mol. The van der Waals surface area contributed by atoms with Gasteiger partial charge in [0.2, 0.25) is 21.7 Å². The summed E-state index contributed by atoms with van der Waals surface area (Å²) in [5, 5.41) is 3.89. The van der Waals surface area contributed by atoms with Crippen LogP contribution in [0.2, 0.25) is 0 Å². The van der Waals surface area contributed by atoms with Crippen molar-refractivity contribution >= 4 is 16.0 Å². The SMILES string of the molecule is COC(=O)c1ccc(CS(=O)(=O)N(C)Cc2nc(-c3ccccc3)no2)cc1. The third-order valence-corrected chi connectivity index (χ3v) is 5.83. The van der Waals surface area contributed by atoms with E-state index in [4.69, 9.17) is 4.52 Å². The Balaban J connectivity index is 1.67. The minimum atomic E-state index is -3.62. The van der Waals surface area contributed by atoms with E-state index in [1.165, 1.54) is 26.3 Å². The average Bonchev–Trinajstić information content (AvgIpc) is 3.17. The standard InChI is InChI=1S/C19H19N3O5S/c1-22(12-17-20-18(21-27-17)15-6-4-3-5-7-15)28(24,25)13-14-8-10-16(11-9-14)19(23)26-2/h3-11H,12-13H2,1-2H3. The van der Waals surface area contributed by atoms with Crippen LogP contribution in [0.5, 0.6) is 0 Å². The molecule has 0 aliphatic heterocycles. The number of nitrogens with zero attached hydrogens (tertiary/aromatic N) is 3. The Bertz CT molecular complexity index is 1050. The van der Waals surface area contributed by atoms with Gasteiger partial charge in [-0.05, 0) is 17.7 Å². The minimum Gasteiger partial charge on any atom is -0.465 e. The van der Waals surface area contributed by atoms with E-state index >= 15 is 0 Å². The summed E-state index contributed by atoms with van der Waals surface area (Å²) >= 11 is 0. The first kappa shape index (κ1) is 19.7. The largest absolute Gasteiger partial charge is 0.465 e. The van der Waals surface area contributed by atoms with Gasteiger partial charge in [-0.3, -0.25) is 0 Å². The quantitative estimate of drug-likeness (QED) is 0.560. The van der Waals surface area contributed by atoms with Crippen LogP contribution in [-0.4, -0.2) is 43.0 Å². The number of ether oxygens (including phenoxy) is 1. The lowest BCUT2D eigenvalue weighted by Gasteiger charge is -2.15. The number of rotatable bonds is 7. The van der Waals surface area contributed by atoms with Gasteiger partial charge in [-0.15, -0.1) is 0 Å². The van der Waals surface area contributed by atoms with E-state index in [9.17, 15) is 13.2 Å². The van der Waals surface area contributed by atoms with Crippen molar-refractivity contribution in [3.05, 3.63) is 71.6 Å². The summed E-state index contributed by atoms with van der Waals surface area (Å²) in [6, 6.07) is 15.5. The highest BCUT2D eigenvalue weighted by molar-refractivity contribution is 7.88. The van der Waals surface area contributed by atoms with Gasteiger partial charge in [0.05, 0.1) is 25.0 Å². The van der Waals surface area contributed by atoms with Crippen LogP contribution in [0.15, 0.2) is 59.1 Å². The summed E-state index contributed by atoms with van der Waals surface area (Å²) in [6.07, 6.45) is 0. The molecule has 8 nitrogen and oxygen atoms in total. The molecule has 1 aromatic heterocycles. The maximum Gasteiger partial charge on any atom is 0.337 e. The third kappa shape index (κ3) is 4.62. The smallest absolute Gasteiger partial charge is 0.337 e. The molecule has 0 amide bonds. The van der Waals surface area contributed by atoms with Crippen molar-refractivity contribution in [2.24, 2.45) is 0 Å². The summed E-state index contributed by atoms with van der Waals surface area (Å²) in [7, 11) is -0.879. The van der Waals surface area contributed by atoms with Crippen LogP contribution in [0.1, 0.15) is 21.8 Å². The van der Waals surface area contributed by atoms with Crippen molar-refractivity contribution in [3.8, 4) is 11.4 Å². The van der Waals surface area contributed by atoms with E-state index in [0.29, 0.717) is 17.0 Å². The summed E-state index contributed by atoms with van der Waals surface area (Å²) in [5.74, 6) is -0.0899. The maximum atomic E-state index is 12.6. The second-order valence-corrected chi connectivity index (χ2v) is 8.15. The molecule has 0 atom stereocenters. The number of sulfonamides is 1. The van der Waals surface area contributed by atoms with E-state index in [0.717, 1.165) is 9.87 Å². The normalized spacial score (nSPS) is 11.5. The molecule has 0 saturated carbocycles. The Morgan fingerprint density at radius 1 is 1.11 bits per heavy atom. The predicted octanol–water partition coefficient (Wildman–Crippen LogP) is 2.49. The maximum absolute atomic E-state index is 12.6. The molecule has 3 rings (SSSR count). The number of aromatic nitrogens is 2. The fourth-order valence-corrected chi connectivity index (χ4v) is 3.63. The molecule has 0 N–H and O–H groups in total. The zero-order chi connectivity index (χ0) is 20.1. The highest BCUT2D eigenvalue weighted by atomic mass is 32.2. The van der Waals surface area contributed by atoms with Crippen LogP contribution in [0.4, 0.5) is 0 Å². The van der Waals surface area contributed by atoms with E-state index in [-0.39, 0.29) is 18.2 Å². The Hall–Kier alpha value is -3.04. The third-order valence-electron chi connectivity index (χ3n) is 4.06. The van der Waals surface area contributed by atoms with Crippen LogP contribution in [0.3, 0.4) is 0 Å². The highest BCUT2D eigenvalue weighted by Crippen LogP contribution is 2.17. The molecule has 0 spiro atoms. The molecule has 0 aliphatic carbocycles. The first-order valence-corrected chi connectivity index (χ1v) is 9.99. The van der Waals surface area contributed by atoms with Gasteiger partial charge in [-0.1, -0.05) is 47.6 Å². The van der Waals surface area contributed by atoms with E-state index in [1.54, 1.807) is 12.1 Å². The van der Waals surface area contributed by atoms with Crippen molar-refractivity contribution in [1.29, 1.82) is 0 Å². The van der Waals surface area contributed by atoms with E-state index in [1.807, 2.05) is 30.3 Å². The number of methoxy groups -OCH3 is 1. The molecule has 0 radical (unpaired) electrons. The van der Waals surface area contributed by atoms with Gasteiger partial charge in [0.25, 0.3) is 0 Å². The number of carbonyl (C=O) groups excluding carboxylic acids is 1. The lowest BCUT2D eigenvalue weighted by Crippen LogP contribution is -2.27. The van der Waals surface area contributed by atoms with E-state index < -0.39 is 16.0 Å². The molecular formula is C19H19N3O5S. The van der Waals surface area contributed by atoms with Crippen LogP contribution in [-0.2, 0) is 27.1 Å². The van der Waals surface area contributed by atoms with Crippen molar-refractivity contribution in [3.63, 3.8) is 0 Å². The van der Waals surface area contributed by atoms with Crippen LogP contribution in [0.25, 0.3) is 11.4 Å². The monoisotopic (exact) mass is 401 g/mol. The molecule has 0 unspecified atom stereocenters. The van der Waals surface area contributed by atoms with Gasteiger partial charge >= 0.3 is 5.97 Å². The molecule has 2 aromatic carbocycles. The number of carbonyl (C=O) groups is 1. The fraction of sp³-hybridized carbons (Fsp3) is 0.211. The molecule has 0 saturated heterocycles. The first-order valence-electron chi connectivity index (χ1n) is 8.38. The molecule has 0 aliphatic rings. The fourth-order valence-electron chi connectivity index (χ4n) is 2.49. The molecule has 146 valence electrons. The lowest BCUT2D eigenvalue weighted by molar-refractivity contribution is 0.0600. The Morgan fingerprint density at radius 3 is 2.43 bits per heavy atom. The minimum absolute atomic E-state index is 0.0393. The molecular weight excluding hydrogens is 382 g/mol. The highest BCUT2D eigenvalue weighted by Gasteiger charge is 2.22. The number of benzene rings is 2. The molecule has 1 heterocycles. The zero-order valence-electron chi connectivity index (χ0n) is 15.4. The molecule has 9 heteroatoms. The zero-order valence-corrected chi connectivity index (χ0v) is 16.2. The van der Waals surface area contributed by atoms with Crippen molar-refractivity contribution < 1.29 is 22.5 Å². The van der Waals surface area contributed by atoms with Gasteiger partial charge in [0, 0.05) is 12.6 Å². The van der Waals surface area contributed by atoms with Gasteiger partial charge in [0.1, 0.15) is 0 Å². The number of esters is 1. The van der Waals surface area contributed by atoms with Crippen LogP contribution < -0.4 is 0 Å². The summed E-state index contributed by atoms with van der Waals surface area (Å²) < 4.78 is 36.2. The van der Waals surface area contributed by atoms with Crippen LogP contribution in [0, 0.1) is 0 Å². The second-order valence-electron chi connectivity index (χ2n) is 6.08. The van der Waals surface area contributed by atoms with Gasteiger partial charge < -0.3 is 9.26 Å². The predicted molar refractivity (Wildman–Crippen MR) is 102 cm³/mol. The van der Waals surface area contributed by atoms with Gasteiger partial charge in [-0.25, -0.2) is 13.2 Å². The van der Waals surface area contributed by atoms with E-state index in [2.05, 4.69) is 14.9 Å². The Labute approximate surface area is 162 Å². The van der Waals surface area contributed by atoms with Crippen molar-refractivity contribution in [2.75, 3.05) is 14.2 Å². The number of hydrogen-bond acceptors (Lipinski definition) is 7. The Kier molecular flexibility index (Phi) is 5.86. The number of hydrogen-bond donors (Lipinski definition) is 0. The topological polar surface area (TPSA) is 103 Å². The van der Waals surface area contributed by atoms with Gasteiger partial charge in [0.15, 0.2) is 0 Å². The molecule has 0 bridgehead atoms. The molecule has 0 fully saturated rings. The molecule has 28 heavy (non-hydrogen) atoms. The Morgan fingerprint density at radius 2 is 1.79 bits per heavy atom. The van der Waals surface area contributed by atoms with Crippen molar-refractivity contribution in [1.82, 2.24) is 14.4 Å². The first-order chi connectivity index (χ1) is 13.4. The summed E-state index contributed by atoms with van der Waals surface area (Å²) in [5.41, 5.74) is 1.69. The van der Waals surface area contributed by atoms with Crippen LogP contribution >= 0.6 is 0 Å². The summed E-state index contributed by atoms with van der Waals surface area (Å²) in [4.78, 5) is 15.7. The lowest BCUT2D eigenvalue weighted by atomic mass is 10.1. The van der Waals surface area contributed by atoms with Gasteiger partial charge in [-0.2, -0.15) is 9.29 Å².